The van der Waals surface area contributed by atoms with Crippen molar-refractivity contribution in [2.24, 2.45) is 5.92 Å². The van der Waals surface area contributed by atoms with Gasteiger partial charge in [0.1, 0.15) is 0 Å². The van der Waals surface area contributed by atoms with Gasteiger partial charge in [-0.15, -0.1) is 0 Å². The maximum Gasteiger partial charge on any atom is 0.0703 e. The fourth-order valence-electron chi connectivity index (χ4n) is 0.933. The zero-order valence-corrected chi connectivity index (χ0v) is 10.5. The molecule has 90 valence electrons. The molecule has 0 radical (unpaired) electrons. The lowest BCUT2D eigenvalue weighted by Crippen LogP contribution is -2.22. The summed E-state index contributed by atoms with van der Waals surface area (Å²) in [7, 11) is 0. The van der Waals surface area contributed by atoms with Crippen molar-refractivity contribution in [2.75, 3.05) is 26.4 Å². The van der Waals surface area contributed by atoms with E-state index in [0.717, 1.165) is 12.2 Å². The molecule has 0 saturated heterocycles. The Labute approximate surface area is 93.8 Å². The van der Waals surface area contributed by atoms with Crippen LogP contribution in [0.3, 0.4) is 0 Å². The van der Waals surface area contributed by atoms with E-state index in [4.69, 9.17) is 9.47 Å². The lowest BCUT2D eigenvalue weighted by atomic mass is 10.1. The normalized spacial score (nSPS) is 11.1. The SMILES string of the molecule is C=C(NCCOCCOC(C)C)C(C)C. The summed E-state index contributed by atoms with van der Waals surface area (Å²) < 4.78 is 10.7. The lowest BCUT2D eigenvalue weighted by molar-refractivity contribution is 0.0207. The molecule has 1 N–H and O–H groups in total. The van der Waals surface area contributed by atoms with Gasteiger partial charge in [-0.3, -0.25) is 0 Å². The van der Waals surface area contributed by atoms with Gasteiger partial charge >= 0.3 is 0 Å². The Morgan fingerprint density at radius 3 is 2.33 bits per heavy atom. The number of hydrogen-bond acceptors (Lipinski definition) is 3. The third-order valence-corrected chi connectivity index (χ3v) is 1.97. The lowest BCUT2D eigenvalue weighted by Gasteiger charge is -2.13. The summed E-state index contributed by atoms with van der Waals surface area (Å²) in [6, 6.07) is 0. The Kier molecular flexibility index (Phi) is 8.43. The molecule has 15 heavy (non-hydrogen) atoms. The van der Waals surface area contributed by atoms with Crippen LogP contribution in [0, 0.1) is 5.92 Å². The van der Waals surface area contributed by atoms with Gasteiger partial charge in [-0.05, 0) is 19.8 Å². The largest absolute Gasteiger partial charge is 0.386 e. The number of ether oxygens (including phenoxy) is 2. The molecule has 0 amide bonds. The van der Waals surface area contributed by atoms with Crippen LogP contribution in [0.5, 0.6) is 0 Å². The van der Waals surface area contributed by atoms with Crippen LogP contribution in [0.15, 0.2) is 12.3 Å². The van der Waals surface area contributed by atoms with Crippen LogP contribution in [-0.2, 0) is 9.47 Å². The highest BCUT2D eigenvalue weighted by atomic mass is 16.5. The standard InChI is InChI=1S/C12H25NO2/c1-10(2)12(5)13-6-7-14-8-9-15-11(3)4/h10-11,13H,5-9H2,1-4H3. The zero-order valence-electron chi connectivity index (χ0n) is 10.5. The summed E-state index contributed by atoms with van der Waals surface area (Å²) in [4.78, 5) is 0. The molecule has 0 fully saturated rings. The number of rotatable bonds is 9. The molecule has 0 unspecified atom stereocenters. The van der Waals surface area contributed by atoms with E-state index >= 15 is 0 Å². The third kappa shape index (κ3) is 9.76. The van der Waals surface area contributed by atoms with E-state index in [1.807, 2.05) is 13.8 Å². The molecule has 3 heteroatoms. The topological polar surface area (TPSA) is 30.5 Å². The van der Waals surface area contributed by atoms with Crippen molar-refractivity contribution in [3.8, 4) is 0 Å². The first-order valence-corrected chi connectivity index (χ1v) is 5.66. The van der Waals surface area contributed by atoms with Crippen LogP contribution in [0.4, 0.5) is 0 Å². The van der Waals surface area contributed by atoms with Crippen LogP contribution in [0.1, 0.15) is 27.7 Å². The van der Waals surface area contributed by atoms with Crippen LogP contribution in [0.25, 0.3) is 0 Å². The molecule has 0 bridgehead atoms. The summed E-state index contributed by atoms with van der Waals surface area (Å²) in [5, 5.41) is 3.22. The van der Waals surface area contributed by atoms with Crippen molar-refractivity contribution in [1.82, 2.24) is 5.32 Å². The Morgan fingerprint density at radius 1 is 1.13 bits per heavy atom. The summed E-state index contributed by atoms with van der Waals surface area (Å²) in [5.41, 5.74) is 1.07. The summed E-state index contributed by atoms with van der Waals surface area (Å²) in [6.45, 7) is 15.0. The molecule has 3 nitrogen and oxygen atoms in total. The minimum absolute atomic E-state index is 0.285. The average molecular weight is 215 g/mol. The maximum atomic E-state index is 5.39. The van der Waals surface area contributed by atoms with Gasteiger partial charge in [0, 0.05) is 12.2 Å². The Morgan fingerprint density at radius 2 is 1.80 bits per heavy atom. The van der Waals surface area contributed by atoms with E-state index in [1.54, 1.807) is 0 Å². The Bertz CT molecular complexity index is 167. The van der Waals surface area contributed by atoms with Gasteiger partial charge in [0.2, 0.25) is 0 Å². The van der Waals surface area contributed by atoms with E-state index in [2.05, 4.69) is 25.7 Å². The first kappa shape index (κ1) is 14.5. The molecule has 0 spiro atoms. The van der Waals surface area contributed by atoms with Gasteiger partial charge < -0.3 is 14.8 Å². The second-order valence-electron chi connectivity index (χ2n) is 4.14. The summed E-state index contributed by atoms with van der Waals surface area (Å²) in [6.07, 6.45) is 0.285. The highest BCUT2D eigenvalue weighted by Crippen LogP contribution is 2.00. The second kappa shape index (κ2) is 8.74. The molecule has 0 aliphatic heterocycles. The van der Waals surface area contributed by atoms with Gasteiger partial charge in [0.05, 0.1) is 25.9 Å². The van der Waals surface area contributed by atoms with E-state index in [-0.39, 0.29) is 6.10 Å². The van der Waals surface area contributed by atoms with Crippen LogP contribution in [-0.4, -0.2) is 32.5 Å². The summed E-state index contributed by atoms with van der Waals surface area (Å²) >= 11 is 0. The molecule has 0 saturated carbocycles. The van der Waals surface area contributed by atoms with Crippen LogP contribution in [0.2, 0.25) is 0 Å². The molecule has 0 aromatic heterocycles. The Balaban J connectivity index is 3.15. The molecule has 0 heterocycles. The van der Waals surface area contributed by atoms with Gasteiger partial charge in [0.15, 0.2) is 0 Å². The fourth-order valence-corrected chi connectivity index (χ4v) is 0.933. The highest BCUT2D eigenvalue weighted by Gasteiger charge is 1.98. The summed E-state index contributed by atoms with van der Waals surface area (Å²) in [5.74, 6) is 0.481. The minimum Gasteiger partial charge on any atom is -0.386 e. The maximum absolute atomic E-state index is 5.39. The molecule has 0 aromatic rings. The number of hydrogen-bond donors (Lipinski definition) is 1. The molecular formula is C12H25NO2. The minimum atomic E-state index is 0.285. The van der Waals surface area contributed by atoms with Crippen molar-refractivity contribution in [3.05, 3.63) is 12.3 Å². The van der Waals surface area contributed by atoms with E-state index < -0.39 is 0 Å². The predicted octanol–water partition coefficient (Wildman–Crippen LogP) is 2.19. The van der Waals surface area contributed by atoms with Crippen molar-refractivity contribution < 1.29 is 9.47 Å². The average Bonchev–Trinajstić information content (AvgIpc) is 2.15. The van der Waals surface area contributed by atoms with Gasteiger partial charge in [0.25, 0.3) is 0 Å². The van der Waals surface area contributed by atoms with Crippen LogP contribution < -0.4 is 5.32 Å². The number of nitrogens with one attached hydrogen (secondary N) is 1. The number of allylic oxidation sites excluding steroid dienone is 1. The second-order valence-corrected chi connectivity index (χ2v) is 4.14. The molecule has 0 aliphatic carbocycles. The van der Waals surface area contributed by atoms with Gasteiger partial charge in [-0.2, -0.15) is 0 Å². The fraction of sp³-hybridized carbons (Fsp3) is 0.833. The first-order chi connectivity index (χ1) is 7.04. The molecule has 0 aromatic carbocycles. The highest BCUT2D eigenvalue weighted by molar-refractivity contribution is 4.93. The monoisotopic (exact) mass is 215 g/mol. The van der Waals surface area contributed by atoms with Crippen molar-refractivity contribution >= 4 is 0 Å². The van der Waals surface area contributed by atoms with E-state index in [1.165, 1.54) is 0 Å². The van der Waals surface area contributed by atoms with Crippen molar-refractivity contribution in [1.29, 1.82) is 0 Å². The van der Waals surface area contributed by atoms with E-state index in [9.17, 15) is 0 Å². The van der Waals surface area contributed by atoms with Crippen molar-refractivity contribution in [2.45, 2.75) is 33.8 Å². The molecule has 0 atom stereocenters. The van der Waals surface area contributed by atoms with Gasteiger partial charge in [-0.25, -0.2) is 0 Å². The third-order valence-electron chi connectivity index (χ3n) is 1.97. The molecule has 0 aliphatic rings. The quantitative estimate of drug-likeness (QED) is 0.598. The molecule has 0 rings (SSSR count). The Hall–Kier alpha value is -0.540. The van der Waals surface area contributed by atoms with Crippen LogP contribution >= 0.6 is 0 Å². The molecular weight excluding hydrogens is 190 g/mol. The zero-order chi connectivity index (χ0) is 11.7. The van der Waals surface area contributed by atoms with Crippen molar-refractivity contribution in [3.63, 3.8) is 0 Å². The smallest absolute Gasteiger partial charge is 0.0703 e. The predicted molar refractivity (Wildman–Crippen MR) is 63.9 cm³/mol. The van der Waals surface area contributed by atoms with E-state index in [0.29, 0.717) is 25.7 Å². The van der Waals surface area contributed by atoms with Gasteiger partial charge in [-0.1, -0.05) is 20.4 Å². The first-order valence-electron chi connectivity index (χ1n) is 5.66.